The quantitative estimate of drug-likeness (QED) is 0.796. The van der Waals surface area contributed by atoms with Crippen LogP contribution in [0.25, 0.3) is 11.0 Å². The molecular formula is C12H13N3O2. The minimum absolute atomic E-state index is 0.299. The molecule has 5 heteroatoms. The van der Waals surface area contributed by atoms with Crippen LogP contribution in [0.3, 0.4) is 0 Å². The van der Waals surface area contributed by atoms with Crippen LogP contribution in [0.15, 0.2) is 24.5 Å². The zero-order chi connectivity index (χ0) is 12.4. The molecule has 2 aromatic rings. The van der Waals surface area contributed by atoms with Crippen LogP contribution in [0.2, 0.25) is 0 Å². The number of hydrogen-bond donors (Lipinski definition) is 1. The number of nitrogens with two attached hydrogens (primary N) is 1. The number of primary amides is 1. The number of fused-ring (bicyclic) bond motifs is 1. The Morgan fingerprint density at radius 3 is 3.06 bits per heavy atom. The molecule has 2 heterocycles. The zero-order valence-corrected chi connectivity index (χ0v) is 9.46. The van der Waals surface area contributed by atoms with Gasteiger partial charge in [0, 0.05) is 29.9 Å². The third kappa shape index (κ3) is 2.04. The van der Waals surface area contributed by atoms with Gasteiger partial charge in [0.05, 0.1) is 5.92 Å². The second-order valence-corrected chi connectivity index (χ2v) is 4.03. The fraction of sp³-hybridized carbons (Fsp3) is 0.250. The van der Waals surface area contributed by atoms with E-state index in [1.165, 1.54) is 0 Å². The second-order valence-electron chi connectivity index (χ2n) is 4.03. The third-order valence-electron chi connectivity index (χ3n) is 2.75. The topological polar surface area (TPSA) is 78.0 Å². The predicted octanol–water partition coefficient (Wildman–Crippen LogP) is 0.970. The van der Waals surface area contributed by atoms with Crippen LogP contribution in [-0.2, 0) is 11.3 Å². The molecule has 0 aliphatic carbocycles. The highest BCUT2D eigenvalue weighted by Gasteiger charge is 2.14. The maximum Gasteiger partial charge on any atom is 0.222 e. The largest absolute Gasteiger partial charge is 0.369 e. The molecule has 0 spiro atoms. The molecule has 0 saturated carbocycles. The standard InChI is InChI=1S/C12H13N3O2/c1-8(11(13)17)5-15-6-9(7-16)10-3-2-4-14-12(10)15/h2-4,6-8H,5H2,1H3,(H2,13,17). The van der Waals surface area contributed by atoms with Gasteiger partial charge in [-0.3, -0.25) is 9.59 Å². The first-order valence-electron chi connectivity index (χ1n) is 5.32. The Balaban J connectivity index is 2.47. The SMILES string of the molecule is CC(Cn1cc(C=O)c2cccnc21)C(N)=O. The van der Waals surface area contributed by atoms with Crippen molar-refractivity contribution in [3.8, 4) is 0 Å². The van der Waals surface area contributed by atoms with E-state index in [1.807, 2.05) is 6.07 Å². The molecule has 0 aromatic carbocycles. The highest BCUT2D eigenvalue weighted by Crippen LogP contribution is 2.18. The summed E-state index contributed by atoms with van der Waals surface area (Å²) in [5, 5.41) is 0.791. The average molecular weight is 231 g/mol. The van der Waals surface area contributed by atoms with Gasteiger partial charge in [-0.1, -0.05) is 6.92 Å². The number of pyridine rings is 1. The van der Waals surface area contributed by atoms with Crippen molar-refractivity contribution in [2.75, 3.05) is 0 Å². The Morgan fingerprint density at radius 1 is 1.65 bits per heavy atom. The maximum absolute atomic E-state index is 11.0. The van der Waals surface area contributed by atoms with E-state index in [4.69, 9.17) is 5.73 Å². The molecule has 1 unspecified atom stereocenters. The van der Waals surface area contributed by atoms with Crippen molar-refractivity contribution in [1.82, 2.24) is 9.55 Å². The summed E-state index contributed by atoms with van der Waals surface area (Å²) >= 11 is 0. The number of nitrogens with zero attached hydrogens (tertiary/aromatic N) is 2. The Kier molecular flexibility index (Phi) is 2.91. The van der Waals surface area contributed by atoms with E-state index in [-0.39, 0.29) is 11.8 Å². The van der Waals surface area contributed by atoms with Crippen molar-refractivity contribution in [2.45, 2.75) is 13.5 Å². The maximum atomic E-state index is 11.0. The van der Waals surface area contributed by atoms with E-state index >= 15 is 0 Å². The van der Waals surface area contributed by atoms with E-state index < -0.39 is 0 Å². The van der Waals surface area contributed by atoms with Crippen molar-refractivity contribution in [1.29, 1.82) is 0 Å². The zero-order valence-electron chi connectivity index (χ0n) is 9.46. The lowest BCUT2D eigenvalue weighted by molar-refractivity contribution is -0.121. The minimum Gasteiger partial charge on any atom is -0.369 e. The number of rotatable bonds is 4. The third-order valence-corrected chi connectivity index (χ3v) is 2.75. The highest BCUT2D eigenvalue weighted by atomic mass is 16.1. The summed E-state index contributed by atoms with van der Waals surface area (Å²) in [5.41, 5.74) is 6.50. The lowest BCUT2D eigenvalue weighted by Gasteiger charge is -2.08. The second kappa shape index (κ2) is 4.37. The number of aldehydes is 1. The molecule has 0 fully saturated rings. The molecule has 2 N–H and O–H groups in total. The smallest absolute Gasteiger partial charge is 0.222 e. The predicted molar refractivity (Wildman–Crippen MR) is 63.5 cm³/mol. The van der Waals surface area contributed by atoms with Crippen LogP contribution in [0.5, 0.6) is 0 Å². The fourth-order valence-electron chi connectivity index (χ4n) is 1.77. The Labute approximate surface area is 98.2 Å². The molecule has 0 aliphatic heterocycles. The van der Waals surface area contributed by atoms with Gasteiger partial charge in [0.15, 0.2) is 6.29 Å². The Bertz CT molecular complexity index is 574. The van der Waals surface area contributed by atoms with Gasteiger partial charge in [-0.15, -0.1) is 0 Å². The first-order valence-corrected chi connectivity index (χ1v) is 5.32. The molecule has 0 bridgehead atoms. The van der Waals surface area contributed by atoms with Gasteiger partial charge in [0.25, 0.3) is 0 Å². The fourth-order valence-corrected chi connectivity index (χ4v) is 1.77. The van der Waals surface area contributed by atoms with E-state index in [1.54, 1.807) is 30.0 Å². The number of carbonyl (C=O) groups excluding carboxylic acids is 2. The molecule has 88 valence electrons. The summed E-state index contributed by atoms with van der Waals surface area (Å²) in [5.74, 6) is -0.664. The van der Waals surface area contributed by atoms with Crippen molar-refractivity contribution in [3.63, 3.8) is 0 Å². The lowest BCUT2D eigenvalue weighted by Crippen LogP contribution is -2.24. The van der Waals surface area contributed by atoms with E-state index in [9.17, 15) is 9.59 Å². The first-order chi connectivity index (χ1) is 8.13. The number of aromatic nitrogens is 2. The first kappa shape index (κ1) is 11.3. The summed E-state index contributed by atoms with van der Waals surface area (Å²) in [4.78, 5) is 26.2. The molecule has 1 amide bonds. The van der Waals surface area contributed by atoms with E-state index in [0.717, 1.165) is 11.7 Å². The normalized spacial score (nSPS) is 12.5. The van der Waals surface area contributed by atoms with Gasteiger partial charge >= 0.3 is 0 Å². The summed E-state index contributed by atoms with van der Waals surface area (Å²) < 4.78 is 1.79. The molecule has 2 rings (SSSR count). The van der Waals surface area contributed by atoms with E-state index in [0.29, 0.717) is 17.8 Å². The monoisotopic (exact) mass is 231 g/mol. The van der Waals surface area contributed by atoms with Gasteiger partial charge < -0.3 is 10.3 Å². The van der Waals surface area contributed by atoms with Crippen molar-refractivity contribution in [2.24, 2.45) is 11.7 Å². The summed E-state index contributed by atoms with van der Waals surface area (Å²) in [6.45, 7) is 2.17. The minimum atomic E-state index is -0.365. The molecule has 0 saturated heterocycles. The van der Waals surface area contributed by atoms with Crippen LogP contribution in [0, 0.1) is 5.92 Å². The van der Waals surface area contributed by atoms with Gasteiger partial charge in [0.2, 0.25) is 5.91 Å². The summed E-state index contributed by atoms with van der Waals surface area (Å²) in [6.07, 6.45) is 4.14. The van der Waals surface area contributed by atoms with Crippen molar-refractivity contribution >= 4 is 23.2 Å². The van der Waals surface area contributed by atoms with Gasteiger partial charge in [-0.25, -0.2) is 4.98 Å². The summed E-state index contributed by atoms with van der Waals surface area (Å²) in [7, 11) is 0. The average Bonchev–Trinajstić information content (AvgIpc) is 2.68. The van der Waals surface area contributed by atoms with E-state index in [2.05, 4.69) is 4.98 Å². The van der Waals surface area contributed by atoms with Crippen LogP contribution in [0.4, 0.5) is 0 Å². The Morgan fingerprint density at radius 2 is 2.41 bits per heavy atom. The summed E-state index contributed by atoms with van der Waals surface area (Å²) in [6, 6.07) is 3.61. The highest BCUT2D eigenvalue weighted by molar-refractivity contribution is 5.96. The van der Waals surface area contributed by atoms with Crippen LogP contribution < -0.4 is 5.73 Å². The van der Waals surface area contributed by atoms with Crippen LogP contribution in [-0.4, -0.2) is 21.7 Å². The molecular weight excluding hydrogens is 218 g/mol. The van der Waals surface area contributed by atoms with Crippen LogP contribution in [0.1, 0.15) is 17.3 Å². The molecule has 0 aliphatic rings. The van der Waals surface area contributed by atoms with Gasteiger partial charge in [-0.2, -0.15) is 0 Å². The van der Waals surface area contributed by atoms with Crippen LogP contribution >= 0.6 is 0 Å². The number of amides is 1. The lowest BCUT2D eigenvalue weighted by atomic mass is 10.2. The molecule has 1 atom stereocenters. The van der Waals surface area contributed by atoms with Crippen molar-refractivity contribution in [3.05, 3.63) is 30.1 Å². The molecule has 5 nitrogen and oxygen atoms in total. The molecule has 2 aromatic heterocycles. The molecule has 0 radical (unpaired) electrons. The van der Waals surface area contributed by atoms with Gasteiger partial charge in [0.1, 0.15) is 5.65 Å². The molecule has 17 heavy (non-hydrogen) atoms. The Hall–Kier alpha value is -2.17. The number of hydrogen-bond acceptors (Lipinski definition) is 3. The van der Waals surface area contributed by atoms with Gasteiger partial charge in [-0.05, 0) is 12.1 Å². The van der Waals surface area contributed by atoms with Crippen molar-refractivity contribution < 1.29 is 9.59 Å². The number of carbonyl (C=O) groups is 2.